The third-order valence-electron chi connectivity index (χ3n) is 4.01. The number of hydrogen-bond donors (Lipinski definition) is 0. The number of hydrogen-bond acceptors (Lipinski definition) is 3. The van der Waals surface area contributed by atoms with Crippen LogP contribution >= 0.6 is 11.3 Å². The summed E-state index contributed by atoms with van der Waals surface area (Å²) in [6, 6.07) is 20.6. The number of aromatic nitrogens is 1. The zero-order chi connectivity index (χ0) is 15.8. The zero-order valence-corrected chi connectivity index (χ0v) is 13.5. The molecule has 4 heteroatoms. The smallest absolute Gasteiger partial charge is 0.348 e. The molecule has 0 saturated carbocycles. The molecule has 114 valence electrons. The number of carbonyl (C=O) groups excluding carboxylic acids is 1. The number of nitrogens with zero attached hydrogens (tertiary/aromatic N) is 1. The molecule has 2 heterocycles. The summed E-state index contributed by atoms with van der Waals surface area (Å²) in [5.41, 5.74) is 2.43. The molecule has 0 spiro atoms. The number of ether oxygens (including phenoxy) is 1. The SMILES string of the molecule is COC(=O)c1cc2c3ccccc3n(Cc3ccccc3)c2s1. The van der Waals surface area contributed by atoms with E-state index in [1.165, 1.54) is 34.9 Å². The fraction of sp³-hybridized carbons (Fsp3) is 0.105. The predicted molar refractivity (Wildman–Crippen MR) is 94.2 cm³/mol. The van der Waals surface area contributed by atoms with Crippen molar-refractivity contribution in [3.05, 3.63) is 71.1 Å². The normalized spacial score (nSPS) is 11.2. The van der Waals surface area contributed by atoms with Crippen LogP contribution in [0.25, 0.3) is 21.1 Å². The summed E-state index contributed by atoms with van der Waals surface area (Å²) in [6.45, 7) is 0.784. The molecule has 4 aromatic rings. The van der Waals surface area contributed by atoms with E-state index in [9.17, 15) is 4.79 Å². The molecule has 2 aromatic heterocycles. The van der Waals surface area contributed by atoms with E-state index >= 15 is 0 Å². The van der Waals surface area contributed by atoms with Crippen LogP contribution in [0.3, 0.4) is 0 Å². The molecule has 23 heavy (non-hydrogen) atoms. The quantitative estimate of drug-likeness (QED) is 0.513. The van der Waals surface area contributed by atoms with Crippen molar-refractivity contribution < 1.29 is 9.53 Å². The number of methoxy groups -OCH3 is 1. The molecule has 0 unspecified atom stereocenters. The topological polar surface area (TPSA) is 31.2 Å². The zero-order valence-electron chi connectivity index (χ0n) is 12.7. The van der Waals surface area contributed by atoms with Gasteiger partial charge in [-0.25, -0.2) is 4.79 Å². The van der Waals surface area contributed by atoms with Crippen LogP contribution in [-0.2, 0) is 11.3 Å². The highest BCUT2D eigenvalue weighted by molar-refractivity contribution is 7.20. The minimum atomic E-state index is -0.276. The molecule has 0 aliphatic heterocycles. The Labute approximate surface area is 137 Å². The van der Waals surface area contributed by atoms with E-state index in [2.05, 4.69) is 34.9 Å². The van der Waals surface area contributed by atoms with E-state index in [1.807, 2.05) is 30.3 Å². The van der Waals surface area contributed by atoms with Crippen LogP contribution in [0.15, 0.2) is 60.7 Å². The molecule has 2 aromatic carbocycles. The summed E-state index contributed by atoms with van der Waals surface area (Å²) in [6.07, 6.45) is 0. The van der Waals surface area contributed by atoms with Gasteiger partial charge in [0.2, 0.25) is 0 Å². The molecule has 0 fully saturated rings. The minimum Gasteiger partial charge on any atom is -0.465 e. The molecule has 0 aliphatic carbocycles. The Morgan fingerprint density at radius 3 is 2.57 bits per heavy atom. The number of para-hydroxylation sites is 1. The Morgan fingerprint density at radius 2 is 1.78 bits per heavy atom. The van der Waals surface area contributed by atoms with E-state index in [0.29, 0.717) is 4.88 Å². The Bertz CT molecular complexity index is 998. The summed E-state index contributed by atoms with van der Waals surface area (Å²) < 4.78 is 7.14. The van der Waals surface area contributed by atoms with Crippen molar-refractivity contribution in [2.45, 2.75) is 6.54 Å². The van der Waals surface area contributed by atoms with E-state index in [0.717, 1.165) is 16.8 Å². The van der Waals surface area contributed by atoms with Crippen molar-refractivity contribution in [2.24, 2.45) is 0 Å². The lowest BCUT2D eigenvalue weighted by atomic mass is 10.2. The van der Waals surface area contributed by atoms with Crippen molar-refractivity contribution in [1.82, 2.24) is 4.57 Å². The maximum absolute atomic E-state index is 11.9. The second-order valence-electron chi connectivity index (χ2n) is 5.41. The van der Waals surface area contributed by atoms with E-state index in [1.54, 1.807) is 0 Å². The summed E-state index contributed by atoms with van der Waals surface area (Å²) in [4.78, 5) is 13.6. The predicted octanol–water partition coefficient (Wildman–Crippen LogP) is 4.69. The number of rotatable bonds is 3. The third kappa shape index (κ3) is 2.32. The number of carbonyl (C=O) groups is 1. The average molecular weight is 321 g/mol. The van der Waals surface area contributed by atoms with Crippen molar-refractivity contribution in [3.8, 4) is 0 Å². The third-order valence-corrected chi connectivity index (χ3v) is 5.15. The lowest BCUT2D eigenvalue weighted by Crippen LogP contribution is -1.99. The number of esters is 1. The molecule has 4 rings (SSSR count). The van der Waals surface area contributed by atoms with Crippen LogP contribution in [0.1, 0.15) is 15.2 Å². The number of benzene rings is 2. The standard InChI is InChI=1S/C19H15NO2S/c1-22-19(21)17-11-15-14-9-5-6-10-16(14)20(18(15)23-17)12-13-7-3-2-4-8-13/h2-11H,12H2,1H3. The molecule has 3 nitrogen and oxygen atoms in total. The molecule has 0 radical (unpaired) electrons. The van der Waals surface area contributed by atoms with Gasteiger partial charge in [-0.2, -0.15) is 0 Å². The van der Waals surface area contributed by atoms with Gasteiger partial charge in [-0.15, -0.1) is 11.3 Å². The molecule has 0 amide bonds. The summed E-state index contributed by atoms with van der Waals surface area (Å²) >= 11 is 1.49. The molecule has 0 atom stereocenters. The van der Waals surface area contributed by atoms with Crippen LogP contribution < -0.4 is 0 Å². The summed E-state index contributed by atoms with van der Waals surface area (Å²) in [7, 11) is 1.42. The monoisotopic (exact) mass is 321 g/mol. The Hall–Kier alpha value is -2.59. The first kappa shape index (κ1) is 14.0. The van der Waals surface area contributed by atoms with Gasteiger partial charge in [-0.1, -0.05) is 48.5 Å². The maximum atomic E-state index is 11.9. The lowest BCUT2D eigenvalue weighted by Gasteiger charge is -2.06. The first-order valence-electron chi connectivity index (χ1n) is 7.41. The number of fused-ring (bicyclic) bond motifs is 3. The van der Waals surface area contributed by atoms with Crippen molar-refractivity contribution in [1.29, 1.82) is 0 Å². The molecule has 0 aliphatic rings. The van der Waals surface area contributed by atoms with Gasteiger partial charge in [0.15, 0.2) is 0 Å². The molecular formula is C19H15NO2S. The number of thiophene rings is 1. The van der Waals surface area contributed by atoms with Gasteiger partial charge in [0, 0.05) is 17.3 Å². The van der Waals surface area contributed by atoms with Gasteiger partial charge >= 0.3 is 5.97 Å². The highest BCUT2D eigenvalue weighted by atomic mass is 32.1. The van der Waals surface area contributed by atoms with Crippen LogP contribution in [0.5, 0.6) is 0 Å². The fourth-order valence-corrected chi connectivity index (χ4v) is 4.05. The van der Waals surface area contributed by atoms with Crippen LogP contribution in [0, 0.1) is 0 Å². The molecular weight excluding hydrogens is 306 g/mol. The highest BCUT2D eigenvalue weighted by Crippen LogP contribution is 2.35. The second kappa shape index (κ2) is 5.56. The van der Waals surface area contributed by atoms with Crippen molar-refractivity contribution in [2.75, 3.05) is 7.11 Å². The fourth-order valence-electron chi connectivity index (χ4n) is 2.95. The van der Waals surface area contributed by atoms with Gasteiger partial charge < -0.3 is 9.30 Å². The first-order chi connectivity index (χ1) is 11.3. The highest BCUT2D eigenvalue weighted by Gasteiger charge is 2.17. The van der Waals surface area contributed by atoms with Gasteiger partial charge in [0.1, 0.15) is 9.71 Å². The minimum absolute atomic E-state index is 0.276. The van der Waals surface area contributed by atoms with Crippen molar-refractivity contribution >= 4 is 38.4 Å². The Balaban J connectivity index is 1.95. The molecule has 0 bridgehead atoms. The van der Waals surface area contributed by atoms with Gasteiger partial charge in [0.05, 0.1) is 12.6 Å². The van der Waals surface area contributed by atoms with Gasteiger partial charge in [-0.05, 0) is 17.7 Å². The molecule has 0 saturated heterocycles. The van der Waals surface area contributed by atoms with Crippen molar-refractivity contribution in [3.63, 3.8) is 0 Å². The summed E-state index contributed by atoms with van der Waals surface area (Å²) in [5.74, 6) is -0.276. The Kier molecular flexibility index (Phi) is 3.39. The van der Waals surface area contributed by atoms with Gasteiger partial charge in [-0.3, -0.25) is 0 Å². The second-order valence-corrected chi connectivity index (χ2v) is 6.44. The molecule has 0 N–H and O–H groups in total. The summed E-state index contributed by atoms with van der Waals surface area (Å²) in [5, 5.41) is 2.28. The largest absolute Gasteiger partial charge is 0.465 e. The lowest BCUT2D eigenvalue weighted by molar-refractivity contribution is 0.0606. The Morgan fingerprint density at radius 1 is 1.04 bits per heavy atom. The van der Waals surface area contributed by atoms with E-state index in [-0.39, 0.29) is 5.97 Å². The van der Waals surface area contributed by atoms with E-state index < -0.39 is 0 Å². The van der Waals surface area contributed by atoms with Gasteiger partial charge in [0.25, 0.3) is 0 Å². The average Bonchev–Trinajstić information content (AvgIpc) is 3.15. The van der Waals surface area contributed by atoms with Crippen LogP contribution in [0.4, 0.5) is 0 Å². The maximum Gasteiger partial charge on any atom is 0.348 e. The van der Waals surface area contributed by atoms with Crippen LogP contribution in [0.2, 0.25) is 0 Å². The van der Waals surface area contributed by atoms with E-state index in [4.69, 9.17) is 4.74 Å². The van der Waals surface area contributed by atoms with Crippen LogP contribution in [-0.4, -0.2) is 17.6 Å². The first-order valence-corrected chi connectivity index (χ1v) is 8.22.